The van der Waals surface area contributed by atoms with E-state index in [4.69, 9.17) is 0 Å². The Morgan fingerprint density at radius 2 is 1.73 bits per heavy atom. The Morgan fingerprint density at radius 3 is 2.35 bits per heavy atom. The van der Waals surface area contributed by atoms with Crippen molar-refractivity contribution in [1.82, 2.24) is 15.5 Å². The zero-order valence-electron chi connectivity index (χ0n) is 15.4. The van der Waals surface area contributed by atoms with Gasteiger partial charge in [-0.1, -0.05) is 29.8 Å². The lowest BCUT2D eigenvalue weighted by molar-refractivity contribution is -0.0503. The average molecular weight is 349 g/mol. The van der Waals surface area contributed by atoms with Gasteiger partial charge in [0.25, 0.3) is 5.91 Å². The predicted octanol–water partition coefficient (Wildman–Crippen LogP) is 4.33. The summed E-state index contributed by atoms with van der Waals surface area (Å²) in [4.78, 5) is 12.7. The van der Waals surface area contributed by atoms with Gasteiger partial charge in [0.2, 0.25) is 0 Å². The second-order valence-electron chi connectivity index (χ2n) is 9.13. The van der Waals surface area contributed by atoms with Crippen LogP contribution in [0.4, 0.5) is 0 Å². The first-order valence-electron chi connectivity index (χ1n) is 9.99. The van der Waals surface area contributed by atoms with E-state index in [1.54, 1.807) is 0 Å². The molecule has 1 aromatic heterocycles. The lowest BCUT2D eigenvalue weighted by Gasteiger charge is -2.56. The normalized spacial score (nSPS) is 32.0. The quantitative estimate of drug-likeness (QED) is 0.863. The van der Waals surface area contributed by atoms with Crippen LogP contribution in [0.3, 0.4) is 0 Å². The molecular formula is C22H27N3O. The third-order valence-electron chi connectivity index (χ3n) is 6.96. The molecule has 0 unspecified atom stereocenters. The fourth-order valence-electron chi connectivity index (χ4n) is 6.18. The Bertz CT molecular complexity index is 785. The Hall–Kier alpha value is -2.10. The molecule has 4 heteroatoms. The zero-order chi connectivity index (χ0) is 17.7. The standard InChI is InChI=1S/C22H27N3O/c1-14-2-4-18(5-3-14)19-9-20(25-24-19)21(26)23-13-22-10-15-6-16(11-22)8-17(7-15)12-22/h2-5,9,15-17H,6-8,10-13H2,1H3,(H,23,26)(H,24,25). The van der Waals surface area contributed by atoms with Crippen LogP contribution in [-0.4, -0.2) is 22.6 Å². The number of aryl methyl sites for hydroxylation is 1. The Morgan fingerprint density at radius 1 is 1.12 bits per heavy atom. The number of hydrogen-bond acceptors (Lipinski definition) is 2. The molecule has 2 N–H and O–H groups in total. The molecule has 0 radical (unpaired) electrons. The minimum absolute atomic E-state index is 0.0217. The molecule has 0 aliphatic heterocycles. The molecule has 4 bridgehead atoms. The number of aromatic nitrogens is 2. The highest BCUT2D eigenvalue weighted by atomic mass is 16.1. The van der Waals surface area contributed by atoms with Gasteiger partial charge in [0.05, 0.1) is 5.69 Å². The van der Waals surface area contributed by atoms with Crippen LogP contribution >= 0.6 is 0 Å². The van der Waals surface area contributed by atoms with E-state index in [-0.39, 0.29) is 5.91 Å². The van der Waals surface area contributed by atoms with Gasteiger partial charge in [-0.3, -0.25) is 9.89 Å². The number of nitrogens with zero attached hydrogens (tertiary/aromatic N) is 1. The zero-order valence-corrected chi connectivity index (χ0v) is 15.4. The van der Waals surface area contributed by atoms with E-state index in [0.29, 0.717) is 11.1 Å². The number of H-pyrrole nitrogens is 1. The molecule has 4 aliphatic carbocycles. The number of carbonyl (C=O) groups excluding carboxylic acids is 1. The molecule has 136 valence electrons. The monoisotopic (exact) mass is 349 g/mol. The molecule has 4 fully saturated rings. The molecular weight excluding hydrogens is 322 g/mol. The van der Waals surface area contributed by atoms with Gasteiger partial charge >= 0.3 is 0 Å². The predicted molar refractivity (Wildman–Crippen MR) is 102 cm³/mol. The molecule has 1 heterocycles. The second-order valence-corrected chi connectivity index (χ2v) is 9.13. The third kappa shape index (κ3) is 2.85. The van der Waals surface area contributed by atoms with Crippen LogP contribution < -0.4 is 5.32 Å². The minimum Gasteiger partial charge on any atom is -0.350 e. The number of amides is 1. The first-order valence-corrected chi connectivity index (χ1v) is 9.99. The Kier molecular flexibility index (Phi) is 3.70. The summed E-state index contributed by atoms with van der Waals surface area (Å²) in [6.45, 7) is 2.89. The SMILES string of the molecule is Cc1ccc(-c2cc(C(=O)NCC34CC5CC(CC(C5)C3)C4)[nH]n2)cc1. The van der Waals surface area contributed by atoms with Crippen molar-refractivity contribution in [3.05, 3.63) is 41.6 Å². The van der Waals surface area contributed by atoms with E-state index in [1.165, 1.54) is 44.1 Å². The van der Waals surface area contributed by atoms with Crippen molar-refractivity contribution < 1.29 is 4.79 Å². The summed E-state index contributed by atoms with van der Waals surface area (Å²) in [7, 11) is 0. The van der Waals surface area contributed by atoms with Crippen LogP contribution in [0.15, 0.2) is 30.3 Å². The number of nitrogens with one attached hydrogen (secondary N) is 2. The Balaban J connectivity index is 1.26. The smallest absolute Gasteiger partial charge is 0.269 e. The maximum Gasteiger partial charge on any atom is 0.269 e. The van der Waals surface area contributed by atoms with Crippen LogP contribution in [0.25, 0.3) is 11.3 Å². The lowest BCUT2D eigenvalue weighted by Crippen LogP contribution is -2.51. The molecule has 1 aromatic carbocycles. The van der Waals surface area contributed by atoms with Gasteiger partial charge in [-0.2, -0.15) is 5.10 Å². The van der Waals surface area contributed by atoms with Crippen molar-refractivity contribution in [1.29, 1.82) is 0 Å². The summed E-state index contributed by atoms with van der Waals surface area (Å²) in [5, 5.41) is 10.5. The van der Waals surface area contributed by atoms with Gasteiger partial charge in [0.15, 0.2) is 0 Å². The van der Waals surface area contributed by atoms with Gasteiger partial charge in [0.1, 0.15) is 5.69 Å². The van der Waals surface area contributed by atoms with Crippen molar-refractivity contribution in [2.75, 3.05) is 6.54 Å². The fraction of sp³-hybridized carbons (Fsp3) is 0.545. The molecule has 4 aliphatic rings. The molecule has 6 rings (SSSR count). The van der Waals surface area contributed by atoms with Crippen LogP contribution in [0.5, 0.6) is 0 Å². The molecule has 2 aromatic rings. The average Bonchev–Trinajstić information content (AvgIpc) is 3.09. The van der Waals surface area contributed by atoms with Gasteiger partial charge in [-0.05, 0) is 74.7 Å². The number of rotatable bonds is 4. The van der Waals surface area contributed by atoms with E-state index in [9.17, 15) is 4.79 Å². The second kappa shape index (κ2) is 5.97. The minimum atomic E-state index is -0.0217. The van der Waals surface area contributed by atoms with Gasteiger partial charge in [0, 0.05) is 12.1 Å². The fourth-order valence-corrected chi connectivity index (χ4v) is 6.18. The summed E-state index contributed by atoms with van der Waals surface area (Å²) >= 11 is 0. The Labute approximate surface area is 154 Å². The van der Waals surface area contributed by atoms with Crippen LogP contribution in [0, 0.1) is 30.1 Å². The third-order valence-corrected chi connectivity index (χ3v) is 6.96. The van der Waals surface area contributed by atoms with E-state index >= 15 is 0 Å². The highest BCUT2D eigenvalue weighted by molar-refractivity contribution is 5.93. The van der Waals surface area contributed by atoms with Crippen molar-refractivity contribution in [2.24, 2.45) is 23.2 Å². The van der Waals surface area contributed by atoms with E-state index in [0.717, 1.165) is 35.6 Å². The van der Waals surface area contributed by atoms with Crippen molar-refractivity contribution >= 4 is 5.91 Å². The van der Waals surface area contributed by atoms with Gasteiger partial charge < -0.3 is 5.32 Å². The van der Waals surface area contributed by atoms with E-state index < -0.39 is 0 Å². The summed E-state index contributed by atoms with van der Waals surface area (Å²) < 4.78 is 0. The summed E-state index contributed by atoms with van der Waals surface area (Å²) in [6, 6.07) is 10.1. The molecule has 4 saturated carbocycles. The number of benzene rings is 1. The van der Waals surface area contributed by atoms with Crippen molar-refractivity contribution in [3.8, 4) is 11.3 Å². The molecule has 26 heavy (non-hydrogen) atoms. The van der Waals surface area contributed by atoms with Crippen molar-refractivity contribution in [2.45, 2.75) is 45.4 Å². The lowest BCUT2D eigenvalue weighted by atomic mass is 9.49. The first kappa shape index (κ1) is 16.1. The first-order chi connectivity index (χ1) is 12.6. The van der Waals surface area contributed by atoms with Crippen LogP contribution in [0.1, 0.15) is 54.6 Å². The number of hydrogen-bond donors (Lipinski definition) is 2. The summed E-state index contributed by atoms with van der Waals surface area (Å²) in [6.07, 6.45) is 8.26. The molecule has 0 saturated heterocycles. The van der Waals surface area contributed by atoms with Crippen LogP contribution in [-0.2, 0) is 0 Å². The highest BCUT2D eigenvalue weighted by Gasteiger charge is 2.50. The molecule has 4 nitrogen and oxygen atoms in total. The maximum absolute atomic E-state index is 12.7. The largest absolute Gasteiger partial charge is 0.350 e. The summed E-state index contributed by atoms with van der Waals surface area (Å²) in [5.74, 6) is 2.72. The van der Waals surface area contributed by atoms with Gasteiger partial charge in [-0.15, -0.1) is 0 Å². The molecule has 0 spiro atoms. The molecule has 1 amide bonds. The maximum atomic E-state index is 12.7. The van der Waals surface area contributed by atoms with E-state index in [2.05, 4.69) is 34.6 Å². The number of carbonyl (C=O) groups is 1. The summed E-state index contributed by atoms with van der Waals surface area (Å²) in [5.41, 5.74) is 4.00. The van der Waals surface area contributed by atoms with Gasteiger partial charge in [-0.25, -0.2) is 0 Å². The molecule has 0 atom stereocenters. The van der Waals surface area contributed by atoms with E-state index in [1.807, 2.05) is 18.2 Å². The number of aromatic amines is 1. The van der Waals surface area contributed by atoms with Crippen molar-refractivity contribution in [3.63, 3.8) is 0 Å². The highest BCUT2D eigenvalue weighted by Crippen LogP contribution is 2.59. The van der Waals surface area contributed by atoms with Crippen LogP contribution in [0.2, 0.25) is 0 Å². The topological polar surface area (TPSA) is 57.8 Å².